The number of aliphatic hydroxyl groups excluding tert-OH is 1. The lowest BCUT2D eigenvalue weighted by molar-refractivity contribution is -0.228. The summed E-state index contributed by atoms with van der Waals surface area (Å²) in [7, 11) is 0. The Morgan fingerprint density at radius 1 is 1.50 bits per heavy atom. The van der Waals surface area contributed by atoms with Crippen LogP contribution in [0, 0.1) is 0 Å². The number of hydrogen-bond acceptors (Lipinski definition) is 5. The zero-order valence-corrected chi connectivity index (χ0v) is 3.74. The van der Waals surface area contributed by atoms with Crippen LogP contribution < -0.4 is 0 Å². The predicted octanol–water partition coefficient (Wildman–Crippen LogP) is -0.0400. The van der Waals surface area contributed by atoms with Gasteiger partial charge in [0.2, 0.25) is 0 Å². The highest BCUT2D eigenvalue weighted by Gasteiger charge is 1.96. The molecule has 5 nitrogen and oxygen atoms in total. The smallest absolute Gasteiger partial charge is 0.372 e. The molecule has 0 aromatic rings. The van der Waals surface area contributed by atoms with Gasteiger partial charge >= 0.3 is 5.97 Å². The van der Waals surface area contributed by atoms with Crippen LogP contribution in [-0.4, -0.2) is 21.4 Å². The van der Waals surface area contributed by atoms with Crippen molar-refractivity contribution in [1.29, 1.82) is 0 Å². The molecule has 0 spiro atoms. The largest absolute Gasteiger partial charge is 0.481 e. The van der Waals surface area contributed by atoms with Crippen molar-refractivity contribution in [1.82, 2.24) is 0 Å². The standard InChI is InChI=1S/C3H4O5/c4-2(5)1-3(6)8-7/h1,4-5,7H. The number of carbonyl (C=O) groups excluding carboxylic acids is 1. The monoisotopic (exact) mass is 120 g/mol. The third-order valence-corrected chi connectivity index (χ3v) is 0.337. The Hall–Kier alpha value is -1.23. The molecule has 0 aliphatic carbocycles. The highest BCUT2D eigenvalue weighted by atomic mass is 17.1. The second-order valence-corrected chi connectivity index (χ2v) is 0.913. The summed E-state index contributed by atoms with van der Waals surface area (Å²) in [5.74, 6) is -2.44. The molecular formula is C3H4O5. The summed E-state index contributed by atoms with van der Waals surface area (Å²) in [4.78, 5) is 12.8. The molecule has 0 heterocycles. The van der Waals surface area contributed by atoms with Gasteiger partial charge in [0, 0.05) is 0 Å². The van der Waals surface area contributed by atoms with Gasteiger partial charge in [-0.3, -0.25) is 4.89 Å². The Labute approximate surface area is 44.4 Å². The summed E-state index contributed by atoms with van der Waals surface area (Å²) >= 11 is 0. The van der Waals surface area contributed by atoms with Crippen LogP contribution in [0.5, 0.6) is 0 Å². The lowest BCUT2D eigenvalue weighted by atomic mass is 10.6. The maximum atomic E-state index is 9.75. The van der Waals surface area contributed by atoms with E-state index in [0.29, 0.717) is 6.08 Å². The van der Waals surface area contributed by atoms with Crippen LogP contribution in [0.15, 0.2) is 12.0 Å². The van der Waals surface area contributed by atoms with Crippen LogP contribution in [0.2, 0.25) is 0 Å². The summed E-state index contributed by atoms with van der Waals surface area (Å²) in [5, 5.41) is 23.2. The molecule has 0 rings (SSSR count). The summed E-state index contributed by atoms with van der Waals surface area (Å²) in [5.41, 5.74) is 0. The Bertz CT molecular complexity index is 111. The maximum Gasteiger partial charge on any atom is 0.372 e. The third kappa shape index (κ3) is 2.98. The zero-order valence-electron chi connectivity index (χ0n) is 3.74. The first-order valence-electron chi connectivity index (χ1n) is 1.62. The van der Waals surface area contributed by atoms with Crippen molar-refractivity contribution < 1.29 is 25.2 Å². The minimum atomic E-state index is -1.23. The summed E-state index contributed by atoms with van der Waals surface area (Å²) in [6.07, 6.45) is 0.306. The summed E-state index contributed by atoms with van der Waals surface area (Å²) in [6, 6.07) is 0. The Morgan fingerprint density at radius 3 is 2.12 bits per heavy atom. The minimum absolute atomic E-state index is 0.306. The lowest BCUT2D eigenvalue weighted by Crippen LogP contribution is -1.96. The van der Waals surface area contributed by atoms with Gasteiger partial charge < -0.3 is 10.2 Å². The summed E-state index contributed by atoms with van der Waals surface area (Å²) in [6.45, 7) is 0. The second-order valence-electron chi connectivity index (χ2n) is 0.913. The molecule has 5 heteroatoms. The fourth-order valence-corrected chi connectivity index (χ4v) is 0.132. The highest BCUT2D eigenvalue weighted by Crippen LogP contribution is 1.80. The molecule has 3 N–H and O–H groups in total. The van der Waals surface area contributed by atoms with Crippen LogP contribution in [-0.2, 0) is 9.68 Å². The second kappa shape index (κ2) is 2.86. The van der Waals surface area contributed by atoms with Crippen molar-refractivity contribution in [3.05, 3.63) is 12.0 Å². The van der Waals surface area contributed by atoms with E-state index in [4.69, 9.17) is 15.5 Å². The molecule has 0 aromatic heterocycles. The molecule has 0 saturated heterocycles. The van der Waals surface area contributed by atoms with E-state index in [9.17, 15) is 4.79 Å². The van der Waals surface area contributed by atoms with E-state index in [2.05, 4.69) is 4.89 Å². The molecule has 0 amide bonds. The molecule has 0 unspecified atom stereocenters. The average Bonchev–Trinajstić information content (AvgIpc) is 1.65. The SMILES string of the molecule is O=C(C=C(O)O)OO. The fourth-order valence-electron chi connectivity index (χ4n) is 0.132. The van der Waals surface area contributed by atoms with Crippen molar-refractivity contribution in [3.8, 4) is 0 Å². The fraction of sp³-hybridized carbons (Fsp3) is 0. The van der Waals surface area contributed by atoms with Crippen LogP contribution >= 0.6 is 0 Å². The Balaban J connectivity index is 3.70. The van der Waals surface area contributed by atoms with Gasteiger partial charge in [0.1, 0.15) is 6.08 Å². The van der Waals surface area contributed by atoms with Gasteiger partial charge in [0.25, 0.3) is 5.95 Å². The van der Waals surface area contributed by atoms with Gasteiger partial charge in [-0.25, -0.2) is 4.79 Å². The molecule has 8 heavy (non-hydrogen) atoms. The first-order chi connectivity index (χ1) is 3.66. The van der Waals surface area contributed by atoms with Gasteiger partial charge in [-0.2, -0.15) is 5.26 Å². The van der Waals surface area contributed by atoms with E-state index in [1.165, 1.54) is 0 Å². The van der Waals surface area contributed by atoms with E-state index >= 15 is 0 Å². The van der Waals surface area contributed by atoms with E-state index < -0.39 is 11.9 Å². The van der Waals surface area contributed by atoms with Crippen molar-refractivity contribution in [2.75, 3.05) is 0 Å². The predicted molar refractivity (Wildman–Crippen MR) is 22.1 cm³/mol. The van der Waals surface area contributed by atoms with E-state index in [0.717, 1.165) is 0 Å². The Morgan fingerprint density at radius 2 is 2.00 bits per heavy atom. The Kier molecular flexibility index (Phi) is 2.42. The topological polar surface area (TPSA) is 87.0 Å². The first-order valence-corrected chi connectivity index (χ1v) is 1.62. The van der Waals surface area contributed by atoms with E-state index in [-0.39, 0.29) is 0 Å². The first kappa shape index (κ1) is 6.77. The van der Waals surface area contributed by atoms with Crippen LogP contribution in [0.4, 0.5) is 0 Å². The van der Waals surface area contributed by atoms with Crippen LogP contribution in [0.3, 0.4) is 0 Å². The molecule has 0 aliphatic heterocycles. The molecule has 0 fully saturated rings. The van der Waals surface area contributed by atoms with Crippen LogP contribution in [0.1, 0.15) is 0 Å². The normalized spacial score (nSPS) is 7.62. The average molecular weight is 120 g/mol. The van der Waals surface area contributed by atoms with Gasteiger partial charge in [0.15, 0.2) is 0 Å². The van der Waals surface area contributed by atoms with Gasteiger partial charge in [0.05, 0.1) is 0 Å². The maximum absolute atomic E-state index is 9.75. The van der Waals surface area contributed by atoms with Crippen molar-refractivity contribution in [2.24, 2.45) is 0 Å². The molecule has 0 bridgehead atoms. The highest BCUT2D eigenvalue weighted by molar-refractivity contribution is 5.81. The van der Waals surface area contributed by atoms with Gasteiger partial charge in [-0.1, -0.05) is 0 Å². The number of carbonyl (C=O) groups is 1. The zero-order chi connectivity index (χ0) is 6.57. The number of hydrogen-bond donors (Lipinski definition) is 3. The molecule has 0 aromatic carbocycles. The van der Waals surface area contributed by atoms with Crippen molar-refractivity contribution in [3.63, 3.8) is 0 Å². The quantitative estimate of drug-likeness (QED) is 0.195. The molecule has 46 valence electrons. The van der Waals surface area contributed by atoms with E-state index in [1.807, 2.05) is 0 Å². The minimum Gasteiger partial charge on any atom is -0.481 e. The molecule has 0 saturated carbocycles. The molecule has 0 radical (unpaired) electrons. The molecule has 0 atom stereocenters. The summed E-state index contributed by atoms with van der Waals surface area (Å²) < 4.78 is 0. The molecular weight excluding hydrogens is 116 g/mol. The van der Waals surface area contributed by atoms with Gasteiger partial charge in [-0.05, 0) is 0 Å². The van der Waals surface area contributed by atoms with Crippen molar-refractivity contribution >= 4 is 5.97 Å². The number of rotatable bonds is 1. The molecule has 0 aliphatic rings. The van der Waals surface area contributed by atoms with Crippen LogP contribution in [0.25, 0.3) is 0 Å². The van der Waals surface area contributed by atoms with Gasteiger partial charge in [-0.15, -0.1) is 0 Å². The lowest BCUT2D eigenvalue weighted by Gasteiger charge is -1.84. The van der Waals surface area contributed by atoms with Crippen molar-refractivity contribution in [2.45, 2.75) is 0 Å². The van der Waals surface area contributed by atoms with E-state index in [1.54, 1.807) is 0 Å². The number of aliphatic hydroxyl groups is 2. The third-order valence-electron chi connectivity index (χ3n) is 0.337.